The fourth-order valence-electron chi connectivity index (χ4n) is 4.82. The van der Waals surface area contributed by atoms with Gasteiger partial charge in [0.15, 0.2) is 0 Å². The molecule has 180 valence electrons. The lowest BCUT2D eigenvalue weighted by Gasteiger charge is -2.43. The summed E-state index contributed by atoms with van der Waals surface area (Å²) in [5.41, 5.74) is 1.11. The van der Waals surface area contributed by atoms with Crippen molar-refractivity contribution < 1.29 is 13.2 Å². The summed E-state index contributed by atoms with van der Waals surface area (Å²) in [6.07, 6.45) is 11.2. The van der Waals surface area contributed by atoms with Crippen LogP contribution in [0.15, 0.2) is 41.8 Å². The number of rotatable bonds is 5. The summed E-state index contributed by atoms with van der Waals surface area (Å²) in [6, 6.07) is 3.77. The Morgan fingerprint density at radius 2 is 1.91 bits per heavy atom. The maximum Gasteiger partial charge on any atom is 0.246 e. The molecule has 2 atom stereocenters. The molecule has 4 heterocycles. The monoisotopic (exact) mass is 474 g/mol. The quantitative estimate of drug-likeness (QED) is 0.710. The van der Waals surface area contributed by atoms with E-state index in [1.807, 2.05) is 19.1 Å². The molecule has 0 aromatic carbocycles. The number of fused-ring (bicyclic) bond motifs is 1. The zero-order chi connectivity index (χ0) is 23.3. The van der Waals surface area contributed by atoms with Crippen molar-refractivity contribution in [1.82, 2.24) is 29.3 Å². The van der Waals surface area contributed by atoms with Crippen molar-refractivity contribution in [3.63, 3.8) is 0 Å². The van der Waals surface area contributed by atoms with Crippen molar-refractivity contribution in [2.75, 3.05) is 26.2 Å². The fraction of sp³-hybridized carbons (Fsp3) is 0.609. The van der Waals surface area contributed by atoms with E-state index in [1.54, 1.807) is 23.3 Å². The SMILES string of the molecule is CCn1cc(S(=O)(=O)N2CC[C@@H]3C(=O)NCCCCCCN(Cc4ccncc4)[C@@H]3C2)cn1. The molecule has 2 aromatic rings. The molecule has 2 saturated heterocycles. The Labute approximate surface area is 196 Å². The van der Waals surface area contributed by atoms with E-state index < -0.39 is 10.0 Å². The van der Waals surface area contributed by atoms with Crippen LogP contribution < -0.4 is 5.32 Å². The molecule has 2 aliphatic heterocycles. The Balaban J connectivity index is 1.62. The lowest BCUT2D eigenvalue weighted by atomic mass is 9.90. The first-order valence-electron chi connectivity index (χ1n) is 11.9. The standard InChI is InChI=1S/C23H34N6O3S/c1-2-28-17-20(15-26-28)33(31,32)29-14-9-21-22(18-29)27(16-19-7-11-24-12-8-19)13-6-4-3-5-10-25-23(21)30/h7-8,11-12,15,17,21-22H,2-6,9-10,13-14,16,18H2,1H3,(H,25,30)/t21-,22+/m0/s1. The molecule has 0 bridgehead atoms. The molecule has 33 heavy (non-hydrogen) atoms. The van der Waals surface area contributed by atoms with Crippen LogP contribution in [0, 0.1) is 5.92 Å². The van der Waals surface area contributed by atoms with Crippen LogP contribution in [0.3, 0.4) is 0 Å². The lowest BCUT2D eigenvalue weighted by molar-refractivity contribution is -0.129. The molecule has 2 aliphatic rings. The van der Waals surface area contributed by atoms with Crippen LogP contribution in [0.4, 0.5) is 0 Å². The van der Waals surface area contributed by atoms with Crippen LogP contribution in [-0.4, -0.2) is 70.5 Å². The van der Waals surface area contributed by atoms with Crippen LogP contribution in [0.5, 0.6) is 0 Å². The second-order valence-electron chi connectivity index (χ2n) is 8.89. The molecule has 2 aromatic heterocycles. The molecule has 10 heteroatoms. The van der Waals surface area contributed by atoms with E-state index in [4.69, 9.17) is 0 Å². The zero-order valence-electron chi connectivity index (χ0n) is 19.3. The number of amides is 1. The second-order valence-corrected chi connectivity index (χ2v) is 10.8. The van der Waals surface area contributed by atoms with Crippen molar-refractivity contribution >= 4 is 15.9 Å². The summed E-state index contributed by atoms with van der Waals surface area (Å²) in [5.74, 6) is -0.202. The first-order chi connectivity index (χ1) is 16.0. The Kier molecular flexibility index (Phi) is 7.77. The van der Waals surface area contributed by atoms with Crippen molar-refractivity contribution in [2.45, 2.75) is 63.1 Å². The van der Waals surface area contributed by atoms with Crippen molar-refractivity contribution in [2.24, 2.45) is 5.92 Å². The van der Waals surface area contributed by atoms with Crippen LogP contribution in [-0.2, 0) is 27.9 Å². The molecule has 9 nitrogen and oxygen atoms in total. The first-order valence-corrected chi connectivity index (χ1v) is 13.4. The number of hydrogen-bond donors (Lipinski definition) is 1. The van der Waals surface area contributed by atoms with Gasteiger partial charge in [0.2, 0.25) is 15.9 Å². The predicted molar refractivity (Wildman–Crippen MR) is 125 cm³/mol. The summed E-state index contributed by atoms with van der Waals surface area (Å²) >= 11 is 0. The lowest BCUT2D eigenvalue weighted by Crippen LogP contribution is -2.57. The maximum absolute atomic E-state index is 13.4. The Bertz CT molecular complexity index is 1030. The molecule has 0 spiro atoms. The third-order valence-electron chi connectivity index (χ3n) is 6.73. The number of sulfonamides is 1. The summed E-state index contributed by atoms with van der Waals surface area (Å²) in [5, 5.41) is 7.25. The smallest absolute Gasteiger partial charge is 0.246 e. The molecule has 0 saturated carbocycles. The minimum Gasteiger partial charge on any atom is -0.356 e. The number of aromatic nitrogens is 3. The van der Waals surface area contributed by atoms with Crippen molar-refractivity contribution in [3.8, 4) is 0 Å². The van der Waals surface area contributed by atoms with Gasteiger partial charge in [-0.15, -0.1) is 0 Å². The minimum absolute atomic E-state index is 0.0393. The molecule has 0 radical (unpaired) electrons. The summed E-state index contributed by atoms with van der Waals surface area (Å²) < 4.78 is 30.0. The highest BCUT2D eigenvalue weighted by Crippen LogP contribution is 2.29. The van der Waals surface area contributed by atoms with Gasteiger partial charge < -0.3 is 5.32 Å². The fourth-order valence-corrected chi connectivity index (χ4v) is 6.25. The van der Waals surface area contributed by atoms with E-state index in [9.17, 15) is 13.2 Å². The van der Waals surface area contributed by atoms with Gasteiger partial charge in [-0.05, 0) is 50.4 Å². The molecule has 1 N–H and O–H groups in total. The van der Waals surface area contributed by atoms with Crippen LogP contribution in [0.25, 0.3) is 0 Å². The maximum atomic E-state index is 13.4. The predicted octanol–water partition coefficient (Wildman–Crippen LogP) is 1.87. The van der Waals surface area contributed by atoms with Gasteiger partial charge in [0, 0.05) is 57.4 Å². The number of aryl methyl sites for hydroxylation is 1. The molecular weight excluding hydrogens is 440 g/mol. The highest BCUT2D eigenvalue weighted by molar-refractivity contribution is 7.89. The highest BCUT2D eigenvalue weighted by atomic mass is 32.2. The molecule has 4 rings (SSSR count). The first kappa shape index (κ1) is 23.8. The van der Waals surface area contributed by atoms with Crippen molar-refractivity contribution in [1.29, 1.82) is 0 Å². The number of carbonyl (C=O) groups is 1. The van der Waals surface area contributed by atoms with Gasteiger partial charge in [-0.2, -0.15) is 9.40 Å². The van der Waals surface area contributed by atoms with Crippen molar-refractivity contribution in [3.05, 3.63) is 42.5 Å². The summed E-state index contributed by atoms with van der Waals surface area (Å²) in [6.45, 7) is 5.34. The molecule has 1 amide bonds. The number of nitrogens with one attached hydrogen (secondary N) is 1. The normalized spacial score (nSPS) is 24.0. The molecule has 0 unspecified atom stereocenters. The van der Waals surface area contributed by atoms with Gasteiger partial charge in [0.05, 0.1) is 12.1 Å². The zero-order valence-corrected chi connectivity index (χ0v) is 20.1. The molecular formula is C23H34N6O3S. The second kappa shape index (κ2) is 10.8. The Hall–Kier alpha value is -2.30. The number of pyridine rings is 1. The van der Waals surface area contributed by atoms with Gasteiger partial charge in [-0.25, -0.2) is 8.42 Å². The molecule has 2 fully saturated rings. The van der Waals surface area contributed by atoms with E-state index in [0.29, 0.717) is 39.1 Å². The van der Waals surface area contributed by atoms with Crippen LogP contribution in [0.2, 0.25) is 0 Å². The third-order valence-corrected chi connectivity index (χ3v) is 8.55. The van der Waals surface area contributed by atoms with E-state index in [-0.39, 0.29) is 22.8 Å². The van der Waals surface area contributed by atoms with Gasteiger partial charge in [0.1, 0.15) is 4.90 Å². The van der Waals surface area contributed by atoms with Crippen LogP contribution >= 0.6 is 0 Å². The van der Waals surface area contributed by atoms with Gasteiger partial charge >= 0.3 is 0 Å². The Morgan fingerprint density at radius 1 is 1.12 bits per heavy atom. The minimum atomic E-state index is -3.68. The summed E-state index contributed by atoms with van der Waals surface area (Å²) in [4.78, 5) is 19.8. The average molecular weight is 475 g/mol. The highest BCUT2D eigenvalue weighted by Gasteiger charge is 2.41. The number of carbonyl (C=O) groups excluding carboxylic acids is 1. The third kappa shape index (κ3) is 5.62. The van der Waals surface area contributed by atoms with E-state index in [1.165, 1.54) is 10.5 Å². The largest absolute Gasteiger partial charge is 0.356 e. The van der Waals surface area contributed by atoms with Gasteiger partial charge in [0.25, 0.3) is 0 Å². The number of hydrogen-bond acceptors (Lipinski definition) is 6. The van der Waals surface area contributed by atoms with E-state index in [2.05, 4.69) is 20.3 Å². The Morgan fingerprint density at radius 3 is 2.67 bits per heavy atom. The average Bonchev–Trinajstić information content (AvgIpc) is 3.32. The summed E-state index contributed by atoms with van der Waals surface area (Å²) in [7, 11) is -3.68. The van der Waals surface area contributed by atoms with Crippen LogP contribution in [0.1, 0.15) is 44.6 Å². The van der Waals surface area contributed by atoms with Gasteiger partial charge in [-0.3, -0.25) is 19.4 Å². The number of nitrogens with zero attached hydrogens (tertiary/aromatic N) is 5. The van der Waals surface area contributed by atoms with E-state index >= 15 is 0 Å². The molecule has 0 aliphatic carbocycles. The topological polar surface area (TPSA) is 100 Å². The van der Waals surface area contributed by atoms with Gasteiger partial charge in [-0.1, -0.05) is 12.8 Å². The van der Waals surface area contributed by atoms with E-state index in [0.717, 1.165) is 37.8 Å². The number of piperidine rings is 1.